The fourth-order valence-electron chi connectivity index (χ4n) is 3.37. The molecule has 0 aliphatic heterocycles. The number of hydrazone groups is 1. The van der Waals surface area contributed by atoms with Gasteiger partial charge in [0.05, 0.1) is 11.5 Å². The van der Waals surface area contributed by atoms with Gasteiger partial charge in [0.25, 0.3) is 5.91 Å². The van der Waals surface area contributed by atoms with Crippen LogP contribution in [-0.2, 0) is 4.79 Å². The Morgan fingerprint density at radius 2 is 1.71 bits per heavy atom. The molecule has 0 atom stereocenters. The molecule has 1 aromatic heterocycles. The van der Waals surface area contributed by atoms with E-state index in [1.54, 1.807) is 24.3 Å². The molecule has 0 unspecified atom stereocenters. The second-order valence-electron chi connectivity index (χ2n) is 7.77. The fraction of sp³-hybridized carbons (Fsp3) is 0.154. The number of halogens is 1. The second-order valence-corrected chi connectivity index (χ2v) is 9.15. The summed E-state index contributed by atoms with van der Waals surface area (Å²) in [5.41, 5.74) is 7.08. The van der Waals surface area contributed by atoms with Gasteiger partial charge < -0.3 is 5.11 Å². The fourth-order valence-corrected chi connectivity index (χ4v) is 4.24. The number of aromatic hydroxyl groups is 1. The van der Waals surface area contributed by atoms with Crippen molar-refractivity contribution in [3.63, 3.8) is 0 Å². The normalized spacial score (nSPS) is 11.5. The number of phenols is 1. The molecule has 7 nitrogen and oxygen atoms in total. The number of aromatic nitrogens is 3. The summed E-state index contributed by atoms with van der Waals surface area (Å²) < 4.78 is 1.93. The molecule has 0 bridgehead atoms. The summed E-state index contributed by atoms with van der Waals surface area (Å²) in [6.07, 6.45) is 0.629. The zero-order valence-electron chi connectivity index (χ0n) is 19.3. The van der Waals surface area contributed by atoms with Crippen LogP contribution in [-0.4, -0.2) is 37.2 Å². The molecule has 0 radical (unpaired) electrons. The van der Waals surface area contributed by atoms with Crippen LogP contribution in [0.1, 0.15) is 24.5 Å². The Labute approximate surface area is 212 Å². The number of carbonyl (C=O) groups is 1. The van der Waals surface area contributed by atoms with Crippen LogP contribution in [0.4, 0.5) is 0 Å². The van der Waals surface area contributed by atoms with Gasteiger partial charge in [0.1, 0.15) is 5.75 Å². The van der Waals surface area contributed by atoms with Crippen LogP contribution in [0.15, 0.2) is 83.1 Å². The number of hydrogen-bond donors (Lipinski definition) is 2. The van der Waals surface area contributed by atoms with Crippen molar-refractivity contribution in [1.82, 2.24) is 20.2 Å². The van der Waals surface area contributed by atoms with Crippen molar-refractivity contribution in [2.45, 2.75) is 25.4 Å². The largest absolute Gasteiger partial charge is 0.508 e. The third-order valence-electron chi connectivity index (χ3n) is 5.21. The molecule has 9 heteroatoms. The molecule has 1 amide bonds. The van der Waals surface area contributed by atoms with Crippen molar-refractivity contribution < 1.29 is 9.90 Å². The minimum atomic E-state index is -0.258. The summed E-state index contributed by atoms with van der Waals surface area (Å²) in [6, 6.07) is 22.1. The van der Waals surface area contributed by atoms with Gasteiger partial charge in [0.15, 0.2) is 11.0 Å². The number of nitrogens with zero attached hydrogens (tertiary/aromatic N) is 4. The van der Waals surface area contributed by atoms with Gasteiger partial charge in [0.2, 0.25) is 0 Å². The number of benzene rings is 3. The van der Waals surface area contributed by atoms with E-state index in [0.29, 0.717) is 22.4 Å². The van der Waals surface area contributed by atoms with Crippen LogP contribution in [0, 0.1) is 6.92 Å². The number of hydrogen-bond acceptors (Lipinski definition) is 6. The van der Waals surface area contributed by atoms with Gasteiger partial charge in [-0.2, -0.15) is 5.10 Å². The first-order valence-corrected chi connectivity index (χ1v) is 12.4. The molecule has 0 aliphatic rings. The van der Waals surface area contributed by atoms with Gasteiger partial charge in [0, 0.05) is 16.3 Å². The van der Waals surface area contributed by atoms with Gasteiger partial charge in [-0.05, 0) is 79.6 Å². The topological polar surface area (TPSA) is 92.4 Å². The maximum Gasteiger partial charge on any atom is 0.250 e. The van der Waals surface area contributed by atoms with Gasteiger partial charge >= 0.3 is 0 Å². The molecule has 0 saturated carbocycles. The molecule has 3 aromatic carbocycles. The minimum Gasteiger partial charge on any atom is -0.508 e. The van der Waals surface area contributed by atoms with E-state index in [-0.39, 0.29) is 17.4 Å². The number of phenolic OH excluding ortho intramolecular Hbond substituents is 1. The van der Waals surface area contributed by atoms with E-state index >= 15 is 0 Å². The molecule has 35 heavy (non-hydrogen) atoms. The van der Waals surface area contributed by atoms with Crippen LogP contribution < -0.4 is 5.43 Å². The van der Waals surface area contributed by atoms with Crippen LogP contribution in [0.5, 0.6) is 5.75 Å². The number of amides is 1. The molecule has 1 heterocycles. The SMILES string of the molecule is CC/C(=N\NC(=O)CSc1nnc(-c2ccc(Cl)cc2)n1-c1ccc(C)cc1)c1ccc(O)cc1. The molecule has 0 aliphatic carbocycles. The summed E-state index contributed by atoms with van der Waals surface area (Å²) in [5, 5.41) is 23.7. The van der Waals surface area contributed by atoms with Crippen molar-refractivity contribution in [1.29, 1.82) is 0 Å². The van der Waals surface area contributed by atoms with Crippen molar-refractivity contribution in [2.75, 3.05) is 5.75 Å². The van der Waals surface area contributed by atoms with Crippen molar-refractivity contribution >= 4 is 35.0 Å². The highest BCUT2D eigenvalue weighted by atomic mass is 35.5. The lowest BCUT2D eigenvalue weighted by Crippen LogP contribution is -2.22. The van der Waals surface area contributed by atoms with E-state index < -0.39 is 0 Å². The Morgan fingerprint density at radius 3 is 2.37 bits per heavy atom. The van der Waals surface area contributed by atoms with E-state index in [0.717, 1.165) is 28.1 Å². The van der Waals surface area contributed by atoms with Crippen LogP contribution in [0.25, 0.3) is 17.1 Å². The van der Waals surface area contributed by atoms with Crippen LogP contribution in [0.3, 0.4) is 0 Å². The third kappa shape index (κ3) is 6.09. The molecular weight excluding hydrogens is 482 g/mol. The lowest BCUT2D eigenvalue weighted by atomic mass is 10.1. The summed E-state index contributed by atoms with van der Waals surface area (Å²) in [4.78, 5) is 12.6. The summed E-state index contributed by atoms with van der Waals surface area (Å²) in [5.74, 6) is 0.694. The van der Waals surface area contributed by atoms with E-state index in [4.69, 9.17) is 11.6 Å². The first-order chi connectivity index (χ1) is 16.9. The molecule has 0 saturated heterocycles. The van der Waals surface area contributed by atoms with Crippen molar-refractivity contribution in [3.8, 4) is 22.8 Å². The number of rotatable bonds is 8. The monoisotopic (exact) mass is 505 g/mol. The first kappa shape index (κ1) is 24.5. The lowest BCUT2D eigenvalue weighted by Gasteiger charge is -2.11. The summed E-state index contributed by atoms with van der Waals surface area (Å²) >= 11 is 7.34. The van der Waals surface area contributed by atoms with Crippen LogP contribution >= 0.6 is 23.4 Å². The number of nitrogens with one attached hydrogen (secondary N) is 1. The Hall–Kier alpha value is -3.62. The lowest BCUT2D eigenvalue weighted by molar-refractivity contribution is -0.118. The Bertz CT molecular complexity index is 1330. The smallest absolute Gasteiger partial charge is 0.250 e. The van der Waals surface area contributed by atoms with Gasteiger partial charge in [-0.1, -0.05) is 48.0 Å². The zero-order valence-corrected chi connectivity index (χ0v) is 20.8. The second kappa shape index (κ2) is 11.2. The highest BCUT2D eigenvalue weighted by Crippen LogP contribution is 2.29. The quantitative estimate of drug-likeness (QED) is 0.184. The average Bonchev–Trinajstić information content (AvgIpc) is 3.29. The predicted octanol–water partition coefficient (Wildman–Crippen LogP) is 5.62. The Morgan fingerprint density at radius 1 is 1.03 bits per heavy atom. The first-order valence-electron chi connectivity index (χ1n) is 11.0. The number of aryl methyl sites for hydroxylation is 1. The number of thioether (sulfide) groups is 1. The average molecular weight is 506 g/mol. The van der Waals surface area contributed by atoms with E-state index in [2.05, 4.69) is 20.7 Å². The van der Waals surface area contributed by atoms with Crippen molar-refractivity contribution in [2.24, 2.45) is 5.10 Å². The zero-order chi connectivity index (χ0) is 24.8. The van der Waals surface area contributed by atoms with E-state index in [9.17, 15) is 9.90 Å². The van der Waals surface area contributed by atoms with E-state index in [1.807, 2.05) is 66.9 Å². The Balaban J connectivity index is 1.53. The highest BCUT2D eigenvalue weighted by Gasteiger charge is 2.17. The molecule has 0 spiro atoms. The van der Waals surface area contributed by atoms with Crippen LogP contribution in [0.2, 0.25) is 5.02 Å². The molecule has 4 aromatic rings. The third-order valence-corrected chi connectivity index (χ3v) is 6.39. The van der Waals surface area contributed by atoms with Gasteiger partial charge in [-0.3, -0.25) is 9.36 Å². The van der Waals surface area contributed by atoms with Crippen molar-refractivity contribution in [3.05, 3.63) is 88.9 Å². The predicted molar refractivity (Wildman–Crippen MR) is 140 cm³/mol. The standard InChI is InChI=1S/C26H24ClN5O2S/c1-3-23(18-8-14-22(33)15-9-18)28-29-24(34)16-35-26-31-30-25(19-6-10-20(27)11-7-19)32(26)21-12-4-17(2)5-13-21/h4-15,33H,3,16H2,1-2H3,(H,29,34)/b28-23+. The molecule has 2 N–H and O–H groups in total. The number of carbonyl (C=O) groups excluding carboxylic acids is 1. The van der Waals surface area contributed by atoms with Gasteiger partial charge in [-0.15, -0.1) is 10.2 Å². The maximum absolute atomic E-state index is 12.6. The minimum absolute atomic E-state index is 0.112. The molecule has 4 rings (SSSR count). The molecular formula is C26H24ClN5O2S. The van der Waals surface area contributed by atoms with Gasteiger partial charge in [-0.25, -0.2) is 5.43 Å². The molecule has 178 valence electrons. The highest BCUT2D eigenvalue weighted by molar-refractivity contribution is 7.99. The van der Waals surface area contributed by atoms with E-state index in [1.165, 1.54) is 11.8 Å². The summed E-state index contributed by atoms with van der Waals surface area (Å²) in [7, 11) is 0. The Kier molecular flexibility index (Phi) is 7.84. The maximum atomic E-state index is 12.6. The molecule has 0 fully saturated rings. The summed E-state index contributed by atoms with van der Waals surface area (Å²) in [6.45, 7) is 3.98.